The third-order valence-electron chi connectivity index (χ3n) is 5.41. The van der Waals surface area contributed by atoms with Gasteiger partial charge in [-0.25, -0.2) is 0 Å². The fourth-order valence-electron chi connectivity index (χ4n) is 3.72. The summed E-state index contributed by atoms with van der Waals surface area (Å²) in [6.45, 7) is 6.85. The highest BCUT2D eigenvalue weighted by atomic mass is 16.2. The quantitative estimate of drug-likeness (QED) is 0.890. The smallest absolute Gasteiger partial charge is 0.253 e. The van der Waals surface area contributed by atoms with Crippen molar-refractivity contribution in [3.05, 3.63) is 35.4 Å². The Kier molecular flexibility index (Phi) is 6.08. The van der Waals surface area contributed by atoms with Gasteiger partial charge in [0.15, 0.2) is 0 Å². The molecule has 1 saturated carbocycles. The molecule has 5 heteroatoms. The molecular weight excluding hydrogens is 314 g/mol. The van der Waals surface area contributed by atoms with Crippen LogP contribution in [-0.4, -0.2) is 60.9 Å². The molecule has 136 valence electrons. The van der Waals surface area contributed by atoms with Crippen molar-refractivity contribution in [1.82, 2.24) is 15.1 Å². The van der Waals surface area contributed by atoms with Gasteiger partial charge in [0, 0.05) is 50.7 Å². The van der Waals surface area contributed by atoms with Crippen LogP contribution in [0.2, 0.25) is 0 Å². The number of aryl methyl sites for hydroxylation is 1. The van der Waals surface area contributed by atoms with Crippen LogP contribution in [0, 0.1) is 12.8 Å². The fourth-order valence-corrected chi connectivity index (χ4v) is 3.72. The van der Waals surface area contributed by atoms with E-state index in [0.29, 0.717) is 6.54 Å². The van der Waals surface area contributed by atoms with Gasteiger partial charge in [-0.1, -0.05) is 30.5 Å². The predicted octanol–water partition coefficient (Wildman–Crippen LogP) is 2.06. The van der Waals surface area contributed by atoms with E-state index in [-0.39, 0.29) is 17.7 Å². The first-order chi connectivity index (χ1) is 12.1. The molecule has 25 heavy (non-hydrogen) atoms. The van der Waals surface area contributed by atoms with E-state index < -0.39 is 0 Å². The van der Waals surface area contributed by atoms with Gasteiger partial charge in [-0.3, -0.25) is 14.5 Å². The third-order valence-corrected chi connectivity index (χ3v) is 5.41. The Balaban J connectivity index is 1.37. The van der Waals surface area contributed by atoms with Crippen molar-refractivity contribution in [3.8, 4) is 0 Å². The molecule has 1 aliphatic carbocycles. The second-order valence-corrected chi connectivity index (χ2v) is 7.27. The first-order valence-electron chi connectivity index (χ1n) is 9.49. The summed E-state index contributed by atoms with van der Waals surface area (Å²) in [4.78, 5) is 28.8. The van der Waals surface area contributed by atoms with Crippen LogP contribution in [0.4, 0.5) is 0 Å². The number of carbonyl (C=O) groups is 2. The van der Waals surface area contributed by atoms with Crippen LogP contribution in [0.1, 0.15) is 41.6 Å². The summed E-state index contributed by atoms with van der Waals surface area (Å²) in [5.74, 6) is 0.587. The Morgan fingerprint density at radius 1 is 1.04 bits per heavy atom. The molecule has 0 spiro atoms. The van der Waals surface area contributed by atoms with Crippen molar-refractivity contribution >= 4 is 11.8 Å². The van der Waals surface area contributed by atoms with E-state index in [0.717, 1.165) is 51.1 Å². The highest BCUT2D eigenvalue weighted by molar-refractivity contribution is 5.94. The highest BCUT2D eigenvalue weighted by Gasteiger charge is 2.24. The van der Waals surface area contributed by atoms with Crippen LogP contribution in [0.5, 0.6) is 0 Å². The molecule has 0 unspecified atom stereocenters. The molecule has 1 heterocycles. The normalized spacial score (nSPS) is 19.2. The zero-order valence-electron chi connectivity index (χ0n) is 15.2. The summed E-state index contributed by atoms with van der Waals surface area (Å²) in [5, 5.41) is 3.08. The Labute approximate surface area is 150 Å². The van der Waals surface area contributed by atoms with Gasteiger partial charge < -0.3 is 10.2 Å². The number of carbonyl (C=O) groups excluding carboxylic acids is 2. The largest absolute Gasteiger partial charge is 0.355 e. The van der Waals surface area contributed by atoms with Crippen LogP contribution in [0.15, 0.2) is 24.3 Å². The summed E-state index contributed by atoms with van der Waals surface area (Å²) >= 11 is 0. The lowest BCUT2D eigenvalue weighted by molar-refractivity contribution is -0.124. The van der Waals surface area contributed by atoms with Crippen LogP contribution in [-0.2, 0) is 4.79 Å². The molecule has 1 saturated heterocycles. The van der Waals surface area contributed by atoms with Crippen molar-refractivity contribution < 1.29 is 9.59 Å². The number of nitrogens with zero attached hydrogens (tertiary/aromatic N) is 2. The number of benzene rings is 1. The van der Waals surface area contributed by atoms with Gasteiger partial charge >= 0.3 is 0 Å². The molecule has 1 aromatic rings. The standard InChI is InChI=1S/C20H29N3O2/c1-16-6-8-18(9-7-16)20(25)23-14-12-22(13-15-23)11-10-21-19(24)17-4-2-3-5-17/h6-9,17H,2-5,10-15H2,1H3,(H,21,24). The minimum absolute atomic E-state index is 0.120. The molecule has 1 aliphatic heterocycles. The number of rotatable bonds is 5. The topological polar surface area (TPSA) is 52.7 Å². The Hall–Kier alpha value is -1.88. The van der Waals surface area contributed by atoms with Crippen molar-refractivity contribution in [2.45, 2.75) is 32.6 Å². The van der Waals surface area contributed by atoms with Gasteiger partial charge in [0.1, 0.15) is 0 Å². The average molecular weight is 343 g/mol. The van der Waals surface area contributed by atoms with E-state index >= 15 is 0 Å². The molecule has 5 nitrogen and oxygen atoms in total. The predicted molar refractivity (Wildman–Crippen MR) is 98.5 cm³/mol. The first-order valence-corrected chi connectivity index (χ1v) is 9.49. The summed E-state index contributed by atoms with van der Waals surface area (Å²) in [6.07, 6.45) is 4.47. The molecule has 2 fully saturated rings. The van der Waals surface area contributed by atoms with Gasteiger partial charge in [-0.2, -0.15) is 0 Å². The lowest BCUT2D eigenvalue weighted by atomic mass is 10.1. The Morgan fingerprint density at radius 3 is 2.32 bits per heavy atom. The molecule has 2 aliphatic rings. The van der Waals surface area contributed by atoms with Gasteiger partial charge in [0.25, 0.3) is 5.91 Å². The average Bonchev–Trinajstić information content (AvgIpc) is 3.17. The lowest BCUT2D eigenvalue weighted by Gasteiger charge is -2.34. The van der Waals surface area contributed by atoms with E-state index in [4.69, 9.17) is 0 Å². The first kappa shape index (κ1) is 17.9. The molecule has 0 bridgehead atoms. The van der Waals surface area contributed by atoms with Crippen molar-refractivity contribution in [2.24, 2.45) is 5.92 Å². The van der Waals surface area contributed by atoms with Crippen molar-refractivity contribution in [3.63, 3.8) is 0 Å². The molecule has 1 aromatic carbocycles. The number of amides is 2. The molecule has 1 N–H and O–H groups in total. The summed E-state index contributed by atoms with van der Waals surface area (Å²) in [7, 11) is 0. The molecule has 0 radical (unpaired) electrons. The number of nitrogens with one attached hydrogen (secondary N) is 1. The highest BCUT2D eigenvalue weighted by Crippen LogP contribution is 2.24. The molecule has 0 aromatic heterocycles. The minimum Gasteiger partial charge on any atom is -0.355 e. The van der Waals surface area contributed by atoms with E-state index in [9.17, 15) is 9.59 Å². The Morgan fingerprint density at radius 2 is 1.68 bits per heavy atom. The molecule has 0 atom stereocenters. The molecule has 2 amide bonds. The van der Waals surface area contributed by atoms with Crippen LogP contribution in [0.3, 0.4) is 0 Å². The monoisotopic (exact) mass is 343 g/mol. The van der Waals surface area contributed by atoms with E-state index in [1.54, 1.807) is 0 Å². The van der Waals surface area contributed by atoms with Crippen LogP contribution in [0.25, 0.3) is 0 Å². The zero-order chi connectivity index (χ0) is 17.6. The van der Waals surface area contributed by atoms with Gasteiger partial charge in [-0.15, -0.1) is 0 Å². The van der Waals surface area contributed by atoms with Crippen LogP contribution >= 0.6 is 0 Å². The number of hydrogen-bond acceptors (Lipinski definition) is 3. The molecular formula is C20H29N3O2. The SMILES string of the molecule is Cc1ccc(C(=O)N2CCN(CCNC(=O)C3CCCC3)CC2)cc1. The number of piperazine rings is 1. The number of hydrogen-bond donors (Lipinski definition) is 1. The summed E-state index contributed by atoms with van der Waals surface area (Å²) in [6, 6.07) is 7.78. The van der Waals surface area contributed by atoms with Crippen molar-refractivity contribution in [2.75, 3.05) is 39.3 Å². The molecule has 3 rings (SSSR count). The maximum atomic E-state index is 12.5. The van der Waals surface area contributed by atoms with E-state index in [1.165, 1.54) is 18.4 Å². The summed E-state index contributed by atoms with van der Waals surface area (Å²) < 4.78 is 0. The van der Waals surface area contributed by atoms with Gasteiger partial charge in [0.2, 0.25) is 5.91 Å². The maximum Gasteiger partial charge on any atom is 0.253 e. The van der Waals surface area contributed by atoms with E-state index in [1.807, 2.05) is 36.1 Å². The lowest BCUT2D eigenvalue weighted by Crippen LogP contribution is -2.50. The van der Waals surface area contributed by atoms with Gasteiger partial charge in [0.05, 0.1) is 0 Å². The van der Waals surface area contributed by atoms with Crippen LogP contribution < -0.4 is 5.32 Å². The second kappa shape index (κ2) is 8.48. The van der Waals surface area contributed by atoms with Crippen molar-refractivity contribution in [1.29, 1.82) is 0 Å². The second-order valence-electron chi connectivity index (χ2n) is 7.27. The van der Waals surface area contributed by atoms with E-state index in [2.05, 4.69) is 10.2 Å². The Bertz CT molecular complexity index is 585. The third kappa shape index (κ3) is 4.82. The summed E-state index contributed by atoms with van der Waals surface area (Å²) in [5.41, 5.74) is 1.93. The maximum absolute atomic E-state index is 12.5. The zero-order valence-corrected chi connectivity index (χ0v) is 15.2. The van der Waals surface area contributed by atoms with Gasteiger partial charge in [-0.05, 0) is 31.9 Å². The minimum atomic E-state index is 0.120. The fraction of sp³-hybridized carbons (Fsp3) is 0.600.